The summed E-state index contributed by atoms with van der Waals surface area (Å²) in [7, 11) is 0. The average Bonchev–Trinajstić information content (AvgIpc) is 2.34. The molecule has 92 valence electrons. The van der Waals surface area contributed by atoms with Crippen molar-refractivity contribution in [3.8, 4) is 0 Å². The van der Waals surface area contributed by atoms with Gasteiger partial charge in [0.1, 0.15) is 5.03 Å². The van der Waals surface area contributed by atoms with E-state index in [1.165, 1.54) is 18.7 Å². The summed E-state index contributed by atoms with van der Waals surface area (Å²) in [5.41, 5.74) is 0.619. The van der Waals surface area contributed by atoms with Gasteiger partial charge in [0, 0.05) is 21.1 Å². The number of benzene rings is 1. The zero-order valence-corrected chi connectivity index (χ0v) is 12.6. The molecule has 1 aromatic carbocycles. The number of rotatable bonds is 3. The van der Waals surface area contributed by atoms with Crippen molar-refractivity contribution in [1.82, 2.24) is 4.98 Å². The molecule has 0 amide bonds. The van der Waals surface area contributed by atoms with Crippen LogP contribution in [0.4, 0.5) is 0 Å². The van der Waals surface area contributed by atoms with E-state index < -0.39 is 0 Å². The van der Waals surface area contributed by atoms with E-state index in [-0.39, 0.29) is 5.78 Å². The van der Waals surface area contributed by atoms with Crippen LogP contribution in [0.15, 0.2) is 50.9 Å². The molecule has 0 bridgehead atoms. The molecule has 0 aliphatic carbocycles. The molecule has 0 aliphatic heterocycles. The Labute approximate surface area is 123 Å². The minimum atomic E-state index is 0.00946. The Morgan fingerprint density at radius 3 is 2.67 bits per heavy atom. The number of Topliss-reactive ketones (excluding diaryl/α,β-unsaturated/α-hetero) is 1. The number of ketones is 1. The van der Waals surface area contributed by atoms with Crippen LogP contribution in [-0.4, -0.2) is 10.8 Å². The van der Waals surface area contributed by atoms with Crippen LogP contribution in [0.5, 0.6) is 0 Å². The van der Waals surface area contributed by atoms with Gasteiger partial charge in [-0.15, -0.1) is 0 Å². The van der Waals surface area contributed by atoms with Crippen molar-refractivity contribution in [2.75, 3.05) is 0 Å². The van der Waals surface area contributed by atoms with Gasteiger partial charge in [-0.2, -0.15) is 0 Å². The van der Waals surface area contributed by atoms with E-state index in [1.807, 2.05) is 18.2 Å². The van der Waals surface area contributed by atoms with Crippen molar-refractivity contribution < 1.29 is 4.79 Å². The second kappa shape index (κ2) is 5.87. The number of carbonyl (C=O) groups excluding carboxylic acids is 1. The lowest BCUT2D eigenvalue weighted by atomic mass is 10.1. The van der Waals surface area contributed by atoms with Crippen LogP contribution < -0.4 is 0 Å². The van der Waals surface area contributed by atoms with E-state index in [9.17, 15) is 4.79 Å². The normalized spacial score (nSPS) is 10.4. The summed E-state index contributed by atoms with van der Waals surface area (Å²) in [6.45, 7) is 1.52. The van der Waals surface area contributed by atoms with E-state index in [1.54, 1.807) is 18.3 Å². The molecule has 0 saturated carbocycles. The van der Waals surface area contributed by atoms with Gasteiger partial charge in [0.05, 0.1) is 5.02 Å². The smallest absolute Gasteiger partial charge is 0.159 e. The zero-order valence-electron chi connectivity index (χ0n) is 9.48. The molecule has 2 nitrogen and oxygen atoms in total. The second-order valence-electron chi connectivity index (χ2n) is 3.62. The second-order valence-corrected chi connectivity index (χ2v) is 6.00. The van der Waals surface area contributed by atoms with E-state index in [0.29, 0.717) is 10.6 Å². The predicted octanol–water partition coefficient (Wildman–Crippen LogP) is 4.85. The highest BCUT2D eigenvalue weighted by atomic mass is 79.9. The van der Waals surface area contributed by atoms with Gasteiger partial charge >= 0.3 is 0 Å². The van der Waals surface area contributed by atoms with Crippen molar-refractivity contribution in [2.45, 2.75) is 16.8 Å². The lowest BCUT2D eigenvalue weighted by molar-refractivity contribution is 0.101. The molecule has 5 heteroatoms. The van der Waals surface area contributed by atoms with E-state index >= 15 is 0 Å². The molecule has 0 fully saturated rings. The van der Waals surface area contributed by atoms with Gasteiger partial charge in [-0.05, 0) is 47.1 Å². The number of carbonyl (C=O) groups is 1. The lowest BCUT2D eigenvalue weighted by Gasteiger charge is -2.05. The molecule has 0 spiro atoms. The van der Waals surface area contributed by atoms with E-state index in [2.05, 4.69) is 20.9 Å². The van der Waals surface area contributed by atoms with Crippen molar-refractivity contribution in [2.24, 2.45) is 0 Å². The predicted molar refractivity (Wildman–Crippen MR) is 77.5 cm³/mol. The topological polar surface area (TPSA) is 30.0 Å². The molecule has 2 rings (SSSR count). The first-order valence-electron chi connectivity index (χ1n) is 5.16. The Bertz CT molecular complexity index is 586. The quantitative estimate of drug-likeness (QED) is 0.747. The summed E-state index contributed by atoms with van der Waals surface area (Å²) in [5, 5.41) is 1.42. The maximum Gasteiger partial charge on any atom is 0.159 e. The highest BCUT2D eigenvalue weighted by Gasteiger charge is 2.07. The molecular weight excluding hydrogens is 334 g/mol. The Morgan fingerprint density at radius 2 is 2.11 bits per heavy atom. The van der Waals surface area contributed by atoms with E-state index in [0.717, 1.165) is 14.4 Å². The van der Waals surface area contributed by atoms with Gasteiger partial charge in [-0.25, -0.2) is 4.98 Å². The molecular formula is C13H9BrClNOS. The molecule has 0 saturated heterocycles. The Hall–Kier alpha value is -0.840. The first-order chi connectivity index (χ1) is 8.56. The van der Waals surface area contributed by atoms with Crippen molar-refractivity contribution in [3.05, 3.63) is 51.6 Å². The number of pyridine rings is 1. The van der Waals surface area contributed by atoms with E-state index in [4.69, 9.17) is 11.6 Å². The zero-order chi connectivity index (χ0) is 13.1. The fourth-order valence-corrected chi connectivity index (χ4v) is 2.63. The molecule has 1 aromatic heterocycles. The molecule has 0 atom stereocenters. The summed E-state index contributed by atoms with van der Waals surface area (Å²) in [5.74, 6) is 0.00946. The van der Waals surface area contributed by atoms with Gasteiger partial charge in [0.15, 0.2) is 5.78 Å². The highest BCUT2D eigenvalue weighted by molar-refractivity contribution is 9.10. The van der Waals surface area contributed by atoms with Gasteiger partial charge in [0.25, 0.3) is 0 Å². The monoisotopic (exact) mass is 341 g/mol. The first-order valence-corrected chi connectivity index (χ1v) is 7.15. The molecule has 18 heavy (non-hydrogen) atoms. The van der Waals surface area contributed by atoms with Gasteiger partial charge in [0.2, 0.25) is 0 Å². The number of halogens is 2. The van der Waals surface area contributed by atoms with Crippen LogP contribution in [-0.2, 0) is 0 Å². The minimum Gasteiger partial charge on any atom is -0.295 e. The van der Waals surface area contributed by atoms with Crippen LogP contribution in [0.1, 0.15) is 17.3 Å². The van der Waals surface area contributed by atoms with Gasteiger partial charge in [-0.1, -0.05) is 29.4 Å². The minimum absolute atomic E-state index is 0.00946. The van der Waals surface area contributed by atoms with Crippen LogP contribution in [0, 0.1) is 0 Å². The molecule has 2 aromatic rings. The Balaban J connectivity index is 2.24. The third kappa shape index (κ3) is 3.34. The number of hydrogen-bond donors (Lipinski definition) is 0. The maximum atomic E-state index is 11.2. The van der Waals surface area contributed by atoms with Crippen molar-refractivity contribution in [1.29, 1.82) is 0 Å². The molecule has 0 aliphatic rings. The Kier molecular flexibility index (Phi) is 4.43. The Morgan fingerprint density at radius 1 is 1.33 bits per heavy atom. The average molecular weight is 343 g/mol. The standard InChI is InChI=1S/C13H9BrClNOS/c1-8(17)9-2-4-12(11(15)6-9)18-13-5-3-10(14)7-16-13/h2-7H,1H3. The van der Waals surface area contributed by atoms with Crippen LogP contribution >= 0.6 is 39.3 Å². The molecule has 0 unspecified atom stereocenters. The molecule has 0 radical (unpaired) electrons. The summed E-state index contributed by atoms with van der Waals surface area (Å²) >= 11 is 10.9. The summed E-state index contributed by atoms with van der Waals surface area (Å²) in [4.78, 5) is 16.4. The first kappa shape index (κ1) is 13.6. The third-order valence-corrected chi connectivity index (χ3v) is 4.17. The van der Waals surface area contributed by atoms with Crippen LogP contribution in [0.25, 0.3) is 0 Å². The van der Waals surface area contributed by atoms with Gasteiger partial charge in [-0.3, -0.25) is 4.79 Å². The van der Waals surface area contributed by atoms with Gasteiger partial charge < -0.3 is 0 Å². The van der Waals surface area contributed by atoms with Crippen LogP contribution in [0.3, 0.4) is 0 Å². The fraction of sp³-hybridized carbons (Fsp3) is 0.0769. The summed E-state index contributed by atoms with van der Waals surface area (Å²) in [6.07, 6.45) is 1.74. The SMILES string of the molecule is CC(=O)c1ccc(Sc2ccc(Br)cn2)c(Cl)c1. The molecule has 1 heterocycles. The summed E-state index contributed by atoms with van der Waals surface area (Å²) in [6, 6.07) is 9.13. The van der Waals surface area contributed by atoms with Crippen molar-refractivity contribution in [3.63, 3.8) is 0 Å². The number of nitrogens with zero attached hydrogens (tertiary/aromatic N) is 1. The van der Waals surface area contributed by atoms with Crippen LogP contribution in [0.2, 0.25) is 5.02 Å². The lowest BCUT2D eigenvalue weighted by Crippen LogP contribution is -1.91. The largest absolute Gasteiger partial charge is 0.295 e. The fourth-order valence-electron chi connectivity index (χ4n) is 1.34. The number of hydrogen-bond acceptors (Lipinski definition) is 3. The van der Waals surface area contributed by atoms with Crippen molar-refractivity contribution >= 4 is 45.1 Å². The maximum absolute atomic E-state index is 11.2. The number of aromatic nitrogens is 1. The third-order valence-electron chi connectivity index (χ3n) is 2.25. The molecule has 0 N–H and O–H groups in total. The highest BCUT2D eigenvalue weighted by Crippen LogP contribution is 2.33. The summed E-state index contributed by atoms with van der Waals surface area (Å²) < 4.78 is 0.935.